The Kier molecular flexibility index (Phi) is 4.90. The van der Waals surface area contributed by atoms with Gasteiger partial charge in [0.2, 0.25) is 0 Å². The standard InChI is InChI=1S/C15H14ClN3O2/c1-10(13-5-3-4-8-17-13)18-19-15(20)12-9-11(16)6-7-14(12)21-2/h3-9H,1-2H3,(H,19,20)/b18-10+. The summed E-state index contributed by atoms with van der Waals surface area (Å²) in [7, 11) is 1.49. The van der Waals surface area contributed by atoms with Crippen LogP contribution in [0.5, 0.6) is 5.75 Å². The molecule has 21 heavy (non-hydrogen) atoms. The second kappa shape index (κ2) is 6.85. The van der Waals surface area contributed by atoms with Gasteiger partial charge in [0.15, 0.2) is 0 Å². The molecule has 2 aromatic rings. The van der Waals surface area contributed by atoms with Crippen LogP contribution in [0, 0.1) is 0 Å². The van der Waals surface area contributed by atoms with E-state index in [0.717, 1.165) is 0 Å². The summed E-state index contributed by atoms with van der Waals surface area (Å²) in [5.74, 6) is 0.0345. The number of rotatable bonds is 4. The molecule has 1 heterocycles. The van der Waals surface area contributed by atoms with Gasteiger partial charge in [0, 0.05) is 11.2 Å². The first-order chi connectivity index (χ1) is 10.1. The number of carbonyl (C=O) groups excluding carboxylic acids is 1. The molecule has 108 valence electrons. The third-order valence-corrected chi connectivity index (χ3v) is 3.00. The maximum atomic E-state index is 12.1. The molecule has 2 rings (SSSR count). The first-order valence-corrected chi connectivity index (χ1v) is 6.59. The molecule has 1 aromatic carbocycles. The SMILES string of the molecule is COc1ccc(Cl)cc1C(=O)N/N=C(\C)c1ccccn1. The van der Waals surface area contributed by atoms with E-state index in [4.69, 9.17) is 16.3 Å². The van der Waals surface area contributed by atoms with Gasteiger partial charge in [-0.25, -0.2) is 5.43 Å². The molecule has 1 N–H and O–H groups in total. The van der Waals surface area contributed by atoms with E-state index >= 15 is 0 Å². The van der Waals surface area contributed by atoms with Crippen LogP contribution in [-0.4, -0.2) is 23.7 Å². The predicted octanol–water partition coefficient (Wildman–Crippen LogP) is 2.90. The summed E-state index contributed by atoms with van der Waals surface area (Å²) in [5.41, 5.74) is 4.08. The van der Waals surface area contributed by atoms with E-state index < -0.39 is 5.91 Å². The molecule has 0 aliphatic rings. The fourth-order valence-corrected chi connectivity index (χ4v) is 1.86. The summed E-state index contributed by atoms with van der Waals surface area (Å²) < 4.78 is 5.13. The van der Waals surface area contributed by atoms with Gasteiger partial charge in [-0.2, -0.15) is 5.10 Å². The number of carbonyl (C=O) groups is 1. The van der Waals surface area contributed by atoms with Crippen LogP contribution >= 0.6 is 11.6 Å². The van der Waals surface area contributed by atoms with Crippen molar-refractivity contribution < 1.29 is 9.53 Å². The number of nitrogens with one attached hydrogen (secondary N) is 1. The van der Waals surface area contributed by atoms with Gasteiger partial charge < -0.3 is 4.74 Å². The lowest BCUT2D eigenvalue weighted by Crippen LogP contribution is -2.20. The molecule has 0 aliphatic carbocycles. The molecule has 0 bridgehead atoms. The van der Waals surface area contributed by atoms with Crippen molar-refractivity contribution in [2.75, 3.05) is 7.11 Å². The summed E-state index contributed by atoms with van der Waals surface area (Å²) in [4.78, 5) is 16.3. The summed E-state index contributed by atoms with van der Waals surface area (Å²) >= 11 is 5.90. The van der Waals surface area contributed by atoms with Crippen molar-refractivity contribution in [1.29, 1.82) is 0 Å². The fraction of sp³-hybridized carbons (Fsp3) is 0.133. The quantitative estimate of drug-likeness (QED) is 0.698. The van der Waals surface area contributed by atoms with Crippen LogP contribution in [-0.2, 0) is 0 Å². The topological polar surface area (TPSA) is 63.6 Å². The van der Waals surface area contributed by atoms with Crippen LogP contribution in [0.3, 0.4) is 0 Å². The third kappa shape index (κ3) is 3.79. The Hall–Kier alpha value is -2.40. The highest BCUT2D eigenvalue weighted by atomic mass is 35.5. The number of hydrogen-bond donors (Lipinski definition) is 1. The second-order valence-electron chi connectivity index (χ2n) is 4.20. The number of hydrogen-bond acceptors (Lipinski definition) is 4. The zero-order valence-electron chi connectivity index (χ0n) is 11.6. The van der Waals surface area contributed by atoms with Crippen molar-refractivity contribution in [2.45, 2.75) is 6.92 Å². The van der Waals surface area contributed by atoms with Gasteiger partial charge in [0.25, 0.3) is 5.91 Å². The Morgan fingerprint density at radius 1 is 1.33 bits per heavy atom. The first kappa shape index (κ1) is 15.0. The zero-order chi connectivity index (χ0) is 15.2. The van der Waals surface area contributed by atoms with Gasteiger partial charge in [-0.05, 0) is 37.3 Å². The second-order valence-corrected chi connectivity index (χ2v) is 4.63. The molecule has 1 aromatic heterocycles. The lowest BCUT2D eigenvalue weighted by atomic mass is 10.2. The molecule has 0 spiro atoms. The molecular formula is C15H14ClN3O2. The maximum absolute atomic E-state index is 12.1. The van der Waals surface area contributed by atoms with Gasteiger partial charge in [0.1, 0.15) is 5.75 Å². The molecule has 6 heteroatoms. The first-order valence-electron chi connectivity index (χ1n) is 6.21. The molecule has 0 saturated heterocycles. The molecular weight excluding hydrogens is 290 g/mol. The summed E-state index contributed by atoms with van der Waals surface area (Å²) in [6.45, 7) is 1.76. The lowest BCUT2D eigenvalue weighted by molar-refractivity contribution is 0.0952. The van der Waals surface area contributed by atoms with E-state index in [0.29, 0.717) is 27.7 Å². The highest BCUT2D eigenvalue weighted by Crippen LogP contribution is 2.22. The highest BCUT2D eigenvalue weighted by Gasteiger charge is 2.12. The summed E-state index contributed by atoms with van der Waals surface area (Å²) in [6, 6.07) is 10.3. The van der Waals surface area contributed by atoms with Crippen LogP contribution in [0.15, 0.2) is 47.7 Å². The zero-order valence-corrected chi connectivity index (χ0v) is 12.4. The highest BCUT2D eigenvalue weighted by molar-refractivity contribution is 6.31. The van der Waals surface area contributed by atoms with Crippen molar-refractivity contribution in [1.82, 2.24) is 10.4 Å². The number of pyridine rings is 1. The van der Waals surface area contributed by atoms with Gasteiger partial charge in [-0.3, -0.25) is 9.78 Å². The molecule has 0 saturated carbocycles. The van der Waals surface area contributed by atoms with Gasteiger partial charge in [-0.1, -0.05) is 17.7 Å². The maximum Gasteiger partial charge on any atom is 0.275 e. The minimum atomic E-state index is -0.398. The Morgan fingerprint density at radius 3 is 2.81 bits per heavy atom. The van der Waals surface area contributed by atoms with E-state index in [2.05, 4.69) is 15.5 Å². The van der Waals surface area contributed by atoms with Gasteiger partial charge in [-0.15, -0.1) is 0 Å². The molecule has 0 aliphatic heterocycles. The van der Waals surface area contributed by atoms with Crippen LogP contribution in [0.4, 0.5) is 0 Å². The Morgan fingerprint density at radius 2 is 2.14 bits per heavy atom. The van der Waals surface area contributed by atoms with E-state index in [9.17, 15) is 4.79 Å². The molecule has 5 nitrogen and oxygen atoms in total. The fourth-order valence-electron chi connectivity index (χ4n) is 1.69. The number of hydrazone groups is 1. The average Bonchev–Trinajstić information content (AvgIpc) is 2.53. The molecule has 1 amide bonds. The number of ether oxygens (including phenoxy) is 1. The van der Waals surface area contributed by atoms with Crippen molar-refractivity contribution in [2.24, 2.45) is 5.10 Å². The average molecular weight is 304 g/mol. The van der Waals surface area contributed by atoms with E-state index in [1.165, 1.54) is 13.2 Å². The number of benzene rings is 1. The molecule has 0 atom stereocenters. The van der Waals surface area contributed by atoms with Crippen molar-refractivity contribution in [3.8, 4) is 5.75 Å². The largest absolute Gasteiger partial charge is 0.496 e. The smallest absolute Gasteiger partial charge is 0.275 e. The molecule has 0 radical (unpaired) electrons. The van der Waals surface area contributed by atoms with Crippen LogP contribution in [0.25, 0.3) is 0 Å². The van der Waals surface area contributed by atoms with Crippen LogP contribution in [0.1, 0.15) is 23.0 Å². The number of halogens is 1. The Bertz CT molecular complexity index is 672. The van der Waals surface area contributed by atoms with Crippen LogP contribution in [0.2, 0.25) is 5.02 Å². The van der Waals surface area contributed by atoms with Gasteiger partial charge in [0.05, 0.1) is 24.1 Å². The van der Waals surface area contributed by atoms with Crippen molar-refractivity contribution >= 4 is 23.2 Å². The monoisotopic (exact) mass is 303 g/mol. The van der Waals surface area contributed by atoms with Gasteiger partial charge >= 0.3 is 0 Å². The van der Waals surface area contributed by atoms with E-state index in [1.54, 1.807) is 25.3 Å². The number of aromatic nitrogens is 1. The molecule has 0 fully saturated rings. The van der Waals surface area contributed by atoms with Crippen molar-refractivity contribution in [3.05, 3.63) is 58.9 Å². The molecule has 0 unspecified atom stereocenters. The number of nitrogens with zero attached hydrogens (tertiary/aromatic N) is 2. The van der Waals surface area contributed by atoms with Crippen molar-refractivity contribution in [3.63, 3.8) is 0 Å². The van der Waals surface area contributed by atoms with Crippen LogP contribution < -0.4 is 10.2 Å². The van der Waals surface area contributed by atoms with E-state index in [-0.39, 0.29) is 0 Å². The third-order valence-electron chi connectivity index (χ3n) is 2.77. The predicted molar refractivity (Wildman–Crippen MR) is 81.9 cm³/mol. The van der Waals surface area contributed by atoms with E-state index in [1.807, 2.05) is 18.2 Å². The number of amides is 1. The number of methoxy groups -OCH3 is 1. The Labute approximate surface area is 127 Å². The summed E-state index contributed by atoms with van der Waals surface area (Å²) in [5, 5.41) is 4.48. The summed E-state index contributed by atoms with van der Waals surface area (Å²) in [6.07, 6.45) is 1.66. The normalized spacial score (nSPS) is 11.1. The minimum Gasteiger partial charge on any atom is -0.496 e. The lowest BCUT2D eigenvalue weighted by Gasteiger charge is -2.07. The Balaban J connectivity index is 2.17. The minimum absolute atomic E-state index is 0.322.